The van der Waals surface area contributed by atoms with Crippen LogP contribution in [0.25, 0.3) is 0 Å². The van der Waals surface area contributed by atoms with Gasteiger partial charge in [-0.2, -0.15) is 0 Å². The largest absolute Gasteiger partial charge is 0.504 e. The summed E-state index contributed by atoms with van der Waals surface area (Å²) in [6.07, 6.45) is -0.698. The van der Waals surface area contributed by atoms with Crippen LogP contribution in [0.4, 0.5) is 5.69 Å². The van der Waals surface area contributed by atoms with Gasteiger partial charge in [-0.05, 0) is 12.1 Å². The molecule has 2 N–H and O–H groups in total. The Bertz CT molecular complexity index is 461. The molecule has 1 aromatic carbocycles. The first-order valence-corrected chi connectivity index (χ1v) is 6.01. The molecule has 0 aliphatic carbocycles. The van der Waals surface area contributed by atoms with E-state index in [0.717, 1.165) is 0 Å². The maximum atomic E-state index is 11.8. The van der Waals surface area contributed by atoms with Gasteiger partial charge in [0.2, 0.25) is 0 Å². The second-order valence-corrected chi connectivity index (χ2v) is 4.55. The number of carbonyl (C=O) groups excluding carboxylic acids is 1. The van der Waals surface area contributed by atoms with Gasteiger partial charge < -0.3 is 19.9 Å². The van der Waals surface area contributed by atoms with Crippen LogP contribution in [0.1, 0.15) is 0 Å². The second-order valence-electron chi connectivity index (χ2n) is 3.71. The zero-order valence-electron chi connectivity index (χ0n) is 9.28. The lowest BCUT2D eigenvalue weighted by molar-refractivity contribution is -0.142. The van der Waals surface area contributed by atoms with E-state index in [9.17, 15) is 9.90 Å². The van der Waals surface area contributed by atoms with E-state index in [2.05, 4.69) is 5.32 Å². The van der Waals surface area contributed by atoms with E-state index in [4.69, 9.17) is 32.7 Å². The van der Waals surface area contributed by atoms with Crippen molar-refractivity contribution in [2.24, 2.45) is 0 Å². The van der Waals surface area contributed by atoms with Crippen LogP contribution >= 0.6 is 23.2 Å². The zero-order valence-corrected chi connectivity index (χ0v) is 10.8. The standard InChI is InChI=1S/C11H11Cl2NO4/c12-6-3-7(13)10(15)8(4-6)14-11(16)9-5-17-1-2-18-9/h3-4,9,15H,1-2,5H2,(H,14,16). The molecule has 1 heterocycles. The third-order valence-corrected chi connectivity index (χ3v) is 2.90. The molecule has 0 saturated carbocycles. The number of phenolic OH excluding ortho intramolecular Hbond substituents is 1. The Kier molecular flexibility index (Phi) is 4.29. The molecule has 1 atom stereocenters. The van der Waals surface area contributed by atoms with Crippen molar-refractivity contribution in [2.75, 3.05) is 25.1 Å². The number of carbonyl (C=O) groups is 1. The number of halogens is 2. The molecule has 0 aromatic heterocycles. The number of anilines is 1. The third kappa shape index (κ3) is 3.05. The number of ether oxygens (including phenoxy) is 2. The molecule has 98 valence electrons. The van der Waals surface area contributed by atoms with Crippen molar-refractivity contribution in [3.63, 3.8) is 0 Å². The highest BCUT2D eigenvalue weighted by Gasteiger charge is 2.23. The number of phenols is 1. The number of rotatable bonds is 2. The van der Waals surface area contributed by atoms with Crippen LogP contribution < -0.4 is 5.32 Å². The van der Waals surface area contributed by atoms with Crippen LogP contribution in [0.2, 0.25) is 10.0 Å². The lowest BCUT2D eigenvalue weighted by atomic mass is 10.2. The summed E-state index contributed by atoms with van der Waals surface area (Å²) >= 11 is 11.5. The van der Waals surface area contributed by atoms with E-state index >= 15 is 0 Å². The van der Waals surface area contributed by atoms with E-state index in [1.54, 1.807) is 0 Å². The van der Waals surface area contributed by atoms with Crippen molar-refractivity contribution < 1.29 is 19.4 Å². The molecule has 0 spiro atoms. The van der Waals surface area contributed by atoms with Crippen molar-refractivity contribution in [3.8, 4) is 5.75 Å². The Morgan fingerprint density at radius 2 is 2.17 bits per heavy atom. The smallest absolute Gasteiger partial charge is 0.256 e. The van der Waals surface area contributed by atoms with E-state index in [1.807, 2.05) is 0 Å². The van der Waals surface area contributed by atoms with Gasteiger partial charge in [-0.15, -0.1) is 0 Å². The third-order valence-electron chi connectivity index (χ3n) is 2.39. The number of hydrogen-bond acceptors (Lipinski definition) is 4. The summed E-state index contributed by atoms with van der Waals surface area (Å²) in [5.74, 6) is -0.644. The fourth-order valence-electron chi connectivity index (χ4n) is 1.51. The van der Waals surface area contributed by atoms with Gasteiger partial charge in [-0.25, -0.2) is 0 Å². The van der Waals surface area contributed by atoms with Crippen LogP contribution in [-0.4, -0.2) is 36.9 Å². The van der Waals surface area contributed by atoms with Crippen molar-refractivity contribution in [2.45, 2.75) is 6.10 Å². The van der Waals surface area contributed by atoms with Crippen molar-refractivity contribution in [1.29, 1.82) is 0 Å². The topological polar surface area (TPSA) is 67.8 Å². The summed E-state index contributed by atoms with van der Waals surface area (Å²) in [6.45, 7) is 1.01. The Morgan fingerprint density at radius 3 is 2.83 bits per heavy atom. The Labute approximate surface area is 114 Å². The summed E-state index contributed by atoms with van der Waals surface area (Å²) in [6, 6.07) is 2.79. The molecule has 1 aromatic rings. The van der Waals surface area contributed by atoms with E-state index in [1.165, 1.54) is 12.1 Å². The molecule has 18 heavy (non-hydrogen) atoms. The van der Waals surface area contributed by atoms with Crippen LogP contribution in [-0.2, 0) is 14.3 Å². The summed E-state index contributed by atoms with van der Waals surface area (Å²) in [4.78, 5) is 11.8. The van der Waals surface area contributed by atoms with Gasteiger partial charge in [-0.3, -0.25) is 4.79 Å². The summed E-state index contributed by atoms with van der Waals surface area (Å²) < 4.78 is 10.3. The molecule has 1 aliphatic rings. The lowest BCUT2D eigenvalue weighted by Crippen LogP contribution is -2.39. The number of aromatic hydroxyl groups is 1. The highest BCUT2D eigenvalue weighted by molar-refractivity contribution is 6.36. The number of amides is 1. The van der Waals surface area contributed by atoms with Gasteiger partial charge in [0.15, 0.2) is 11.9 Å². The average molecular weight is 292 g/mol. The number of nitrogens with one attached hydrogen (secondary N) is 1. The van der Waals surface area contributed by atoms with Crippen LogP contribution in [0.5, 0.6) is 5.75 Å². The maximum Gasteiger partial charge on any atom is 0.256 e. The van der Waals surface area contributed by atoms with E-state index in [-0.39, 0.29) is 23.1 Å². The Balaban J connectivity index is 2.11. The fourth-order valence-corrected chi connectivity index (χ4v) is 2.01. The van der Waals surface area contributed by atoms with Crippen molar-refractivity contribution in [3.05, 3.63) is 22.2 Å². The van der Waals surface area contributed by atoms with E-state index in [0.29, 0.717) is 18.2 Å². The van der Waals surface area contributed by atoms with Gasteiger partial charge in [0.05, 0.1) is 30.5 Å². The molecule has 1 amide bonds. The Hall–Kier alpha value is -1.01. The minimum absolute atomic E-state index is 0.0682. The molecule has 1 unspecified atom stereocenters. The second kappa shape index (κ2) is 5.75. The van der Waals surface area contributed by atoms with Gasteiger partial charge in [0, 0.05) is 5.02 Å². The SMILES string of the molecule is O=C(Nc1cc(Cl)cc(Cl)c1O)C1COCCO1. The molecule has 1 aliphatic heterocycles. The first-order valence-electron chi connectivity index (χ1n) is 5.26. The molecular formula is C11H11Cl2NO4. The van der Waals surface area contributed by atoms with Gasteiger partial charge in [-0.1, -0.05) is 23.2 Å². The van der Waals surface area contributed by atoms with Crippen molar-refractivity contribution >= 4 is 34.8 Å². The molecule has 7 heteroatoms. The molecule has 0 bridgehead atoms. The zero-order chi connectivity index (χ0) is 13.1. The number of benzene rings is 1. The predicted molar refractivity (Wildman–Crippen MR) is 67.3 cm³/mol. The first kappa shape index (κ1) is 13.4. The fraction of sp³-hybridized carbons (Fsp3) is 0.364. The van der Waals surface area contributed by atoms with Crippen LogP contribution in [0.15, 0.2) is 12.1 Å². The maximum absolute atomic E-state index is 11.8. The lowest BCUT2D eigenvalue weighted by Gasteiger charge is -2.22. The van der Waals surface area contributed by atoms with Gasteiger partial charge >= 0.3 is 0 Å². The summed E-state index contributed by atoms with van der Waals surface area (Å²) in [5.41, 5.74) is 0.145. The molecule has 0 radical (unpaired) electrons. The molecular weight excluding hydrogens is 281 g/mol. The minimum Gasteiger partial charge on any atom is -0.504 e. The Morgan fingerprint density at radius 1 is 1.39 bits per heavy atom. The van der Waals surface area contributed by atoms with E-state index < -0.39 is 12.0 Å². The van der Waals surface area contributed by atoms with Gasteiger partial charge in [0.25, 0.3) is 5.91 Å². The highest BCUT2D eigenvalue weighted by atomic mass is 35.5. The summed E-state index contributed by atoms with van der Waals surface area (Å²) in [5, 5.41) is 12.6. The van der Waals surface area contributed by atoms with Crippen LogP contribution in [0.3, 0.4) is 0 Å². The monoisotopic (exact) mass is 291 g/mol. The molecule has 1 fully saturated rings. The van der Waals surface area contributed by atoms with Crippen molar-refractivity contribution in [1.82, 2.24) is 0 Å². The predicted octanol–water partition coefficient (Wildman–Crippen LogP) is 2.05. The van der Waals surface area contributed by atoms with Gasteiger partial charge in [0.1, 0.15) is 0 Å². The molecule has 5 nitrogen and oxygen atoms in total. The average Bonchev–Trinajstić information content (AvgIpc) is 2.36. The highest BCUT2D eigenvalue weighted by Crippen LogP contribution is 2.35. The normalized spacial score (nSPS) is 19.6. The van der Waals surface area contributed by atoms with Crippen LogP contribution in [0, 0.1) is 0 Å². The quantitative estimate of drug-likeness (QED) is 0.819. The number of hydrogen-bond donors (Lipinski definition) is 2. The molecule has 1 saturated heterocycles. The molecule has 2 rings (SSSR count). The summed E-state index contributed by atoms with van der Waals surface area (Å²) in [7, 11) is 0. The first-order chi connectivity index (χ1) is 8.58. The minimum atomic E-state index is -0.698.